The van der Waals surface area contributed by atoms with Gasteiger partial charge in [0.05, 0.1) is 26.3 Å². The maximum atomic E-state index is 13.2. The van der Waals surface area contributed by atoms with Gasteiger partial charge in [-0.2, -0.15) is 0 Å². The standard InChI is InChI=1S/C26H30N2O3/c1-19(28(2)18-20-15-16-23(30-3)24(17-20)31-4)26(29)27-25(21-11-7-5-8-12-21)22-13-9-6-10-14-22/h5-17,19,25H,18H2,1-4H3,(H,27,29)/t19-/m0/s1. The SMILES string of the molecule is COc1ccc(CN(C)[C@@H](C)C(=O)NC(c2ccccc2)c2ccccc2)cc1OC. The molecule has 5 nitrogen and oxygen atoms in total. The molecule has 31 heavy (non-hydrogen) atoms. The van der Waals surface area contributed by atoms with Crippen LogP contribution in [0.4, 0.5) is 0 Å². The van der Waals surface area contributed by atoms with E-state index in [1.54, 1.807) is 14.2 Å². The Hall–Kier alpha value is -3.31. The first-order valence-corrected chi connectivity index (χ1v) is 10.3. The zero-order valence-electron chi connectivity index (χ0n) is 18.5. The molecule has 0 spiro atoms. The third-order valence-electron chi connectivity index (χ3n) is 5.47. The van der Waals surface area contributed by atoms with E-state index in [0.29, 0.717) is 18.0 Å². The first-order chi connectivity index (χ1) is 15.0. The molecule has 0 bridgehead atoms. The number of ether oxygens (including phenoxy) is 2. The van der Waals surface area contributed by atoms with Crippen LogP contribution in [-0.2, 0) is 11.3 Å². The van der Waals surface area contributed by atoms with Gasteiger partial charge in [-0.25, -0.2) is 0 Å². The second-order valence-electron chi connectivity index (χ2n) is 7.54. The predicted molar refractivity (Wildman–Crippen MR) is 123 cm³/mol. The number of hydrogen-bond acceptors (Lipinski definition) is 4. The number of rotatable bonds is 9. The van der Waals surface area contributed by atoms with Gasteiger partial charge >= 0.3 is 0 Å². The summed E-state index contributed by atoms with van der Waals surface area (Å²) in [7, 11) is 5.18. The molecular weight excluding hydrogens is 388 g/mol. The molecule has 0 saturated heterocycles. The van der Waals surface area contributed by atoms with Crippen LogP contribution >= 0.6 is 0 Å². The van der Waals surface area contributed by atoms with Gasteiger partial charge < -0.3 is 14.8 Å². The van der Waals surface area contributed by atoms with Crippen molar-refractivity contribution in [2.45, 2.75) is 25.6 Å². The van der Waals surface area contributed by atoms with E-state index in [4.69, 9.17) is 9.47 Å². The van der Waals surface area contributed by atoms with E-state index < -0.39 is 0 Å². The molecule has 0 radical (unpaired) electrons. The van der Waals surface area contributed by atoms with Gasteiger partial charge in [-0.15, -0.1) is 0 Å². The molecule has 0 aliphatic rings. The van der Waals surface area contributed by atoms with Crippen molar-refractivity contribution in [3.05, 3.63) is 95.6 Å². The van der Waals surface area contributed by atoms with Crippen LogP contribution in [0, 0.1) is 0 Å². The topological polar surface area (TPSA) is 50.8 Å². The van der Waals surface area contributed by atoms with Crippen molar-refractivity contribution in [3.63, 3.8) is 0 Å². The second-order valence-corrected chi connectivity index (χ2v) is 7.54. The summed E-state index contributed by atoms with van der Waals surface area (Å²) in [6.45, 7) is 2.53. The number of nitrogens with one attached hydrogen (secondary N) is 1. The van der Waals surface area contributed by atoms with Crippen LogP contribution in [0.1, 0.15) is 29.7 Å². The third-order valence-corrected chi connectivity index (χ3v) is 5.47. The lowest BCUT2D eigenvalue weighted by Crippen LogP contribution is -2.44. The molecule has 0 fully saturated rings. The number of carbonyl (C=O) groups is 1. The van der Waals surface area contributed by atoms with Crippen molar-refractivity contribution < 1.29 is 14.3 Å². The number of hydrogen-bond donors (Lipinski definition) is 1. The van der Waals surface area contributed by atoms with Crippen molar-refractivity contribution in [2.24, 2.45) is 0 Å². The van der Waals surface area contributed by atoms with E-state index in [9.17, 15) is 4.79 Å². The minimum atomic E-state index is -0.317. The first-order valence-electron chi connectivity index (χ1n) is 10.3. The fourth-order valence-electron chi connectivity index (χ4n) is 3.52. The third kappa shape index (κ3) is 5.64. The summed E-state index contributed by atoms with van der Waals surface area (Å²) < 4.78 is 10.7. The number of benzene rings is 3. The summed E-state index contributed by atoms with van der Waals surface area (Å²) in [6.07, 6.45) is 0. The van der Waals surface area contributed by atoms with E-state index in [-0.39, 0.29) is 18.0 Å². The smallest absolute Gasteiger partial charge is 0.237 e. The summed E-state index contributed by atoms with van der Waals surface area (Å²) in [5.41, 5.74) is 3.15. The largest absolute Gasteiger partial charge is 0.493 e. The summed E-state index contributed by atoms with van der Waals surface area (Å²) in [6, 6.07) is 25.4. The highest BCUT2D eigenvalue weighted by Crippen LogP contribution is 2.28. The molecule has 0 heterocycles. The minimum Gasteiger partial charge on any atom is -0.493 e. The predicted octanol–water partition coefficient (Wildman–Crippen LogP) is 4.43. The van der Waals surface area contributed by atoms with E-state index in [1.807, 2.05) is 97.7 Å². The first kappa shape index (κ1) is 22.4. The molecule has 1 atom stereocenters. The summed E-state index contributed by atoms with van der Waals surface area (Å²) in [5, 5.41) is 3.23. The summed E-state index contributed by atoms with van der Waals surface area (Å²) >= 11 is 0. The minimum absolute atomic E-state index is 0.0271. The van der Waals surface area contributed by atoms with Crippen LogP contribution in [0.25, 0.3) is 0 Å². The van der Waals surface area contributed by atoms with E-state index in [2.05, 4.69) is 5.32 Å². The van der Waals surface area contributed by atoms with Crippen molar-refractivity contribution in [1.29, 1.82) is 0 Å². The highest BCUT2D eigenvalue weighted by atomic mass is 16.5. The molecular formula is C26H30N2O3. The van der Waals surface area contributed by atoms with Gasteiger partial charge in [0.25, 0.3) is 0 Å². The van der Waals surface area contributed by atoms with Crippen LogP contribution in [-0.4, -0.2) is 38.1 Å². The summed E-state index contributed by atoms with van der Waals surface area (Å²) in [5.74, 6) is 1.34. The number of nitrogens with zero attached hydrogens (tertiary/aromatic N) is 1. The Morgan fingerprint density at radius 1 is 0.871 bits per heavy atom. The monoisotopic (exact) mass is 418 g/mol. The molecule has 5 heteroatoms. The van der Waals surface area contributed by atoms with Crippen LogP contribution < -0.4 is 14.8 Å². The number of carbonyl (C=O) groups excluding carboxylic acids is 1. The van der Waals surface area contributed by atoms with Crippen LogP contribution in [0.15, 0.2) is 78.9 Å². The lowest BCUT2D eigenvalue weighted by atomic mass is 9.98. The van der Waals surface area contributed by atoms with Gasteiger partial charge in [0.15, 0.2) is 11.5 Å². The van der Waals surface area contributed by atoms with Crippen LogP contribution in [0.3, 0.4) is 0 Å². The van der Waals surface area contributed by atoms with E-state index in [0.717, 1.165) is 16.7 Å². The average Bonchev–Trinajstić information content (AvgIpc) is 2.82. The molecule has 3 rings (SSSR count). The Morgan fingerprint density at radius 3 is 1.94 bits per heavy atom. The molecule has 0 unspecified atom stereocenters. The van der Waals surface area contributed by atoms with Gasteiger partial charge in [0.1, 0.15) is 0 Å². The van der Waals surface area contributed by atoms with Crippen molar-refractivity contribution in [3.8, 4) is 11.5 Å². The lowest BCUT2D eigenvalue weighted by Gasteiger charge is -2.27. The Balaban J connectivity index is 1.73. The maximum absolute atomic E-state index is 13.2. The van der Waals surface area contributed by atoms with Gasteiger partial charge in [-0.1, -0.05) is 66.7 Å². The molecule has 0 saturated carbocycles. The van der Waals surface area contributed by atoms with Gasteiger partial charge in [0, 0.05) is 6.54 Å². The Kier molecular flexibility index (Phi) is 7.68. The number of amides is 1. The zero-order chi connectivity index (χ0) is 22.2. The molecule has 1 amide bonds. The summed E-state index contributed by atoms with van der Waals surface area (Å²) in [4.78, 5) is 15.2. The molecule has 0 aliphatic carbocycles. The number of likely N-dealkylation sites (N-methyl/N-ethyl adjacent to an activating group) is 1. The fourth-order valence-corrected chi connectivity index (χ4v) is 3.52. The highest BCUT2D eigenvalue weighted by molar-refractivity contribution is 5.82. The molecule has 3 aromatic rings. The van der Waals surface area contributed by atoms with Gasteiger partial charge in [-0.3, -0.25) is 9.69 Å². The molecule has 162 valence electrons. The van der Waals surface area contributed by atoms with Crippen molar-refractivity contribution in [1.82, 2.24) is 10.2 Å². The average molecular weight is 419 g/mol. The van der Waals surface area contributed by atoms with E-state index in [1.165, 1.54) is 0 Å². The maximum Gasteiger partial charge on any atom is 0.237 e. The van der Waals surface area contributed by atoms with Crippen LogP contribution in [0.5, 0.6) is 11.5 Å². The molecule has 0 aromatic heterocycles. The highest BCUT2D eigenvalue weighted by Gasteiger charge is 2.23. The van der Waals surface area contributed by atoms with Crippen LogP contribution in [0.2, 0.25) is 0 Å². The van der Waals surface area contributed by atoms with Gasteiger partial charge in [0.2, 0.25) is 5.91 Å². The zero-order valence-corrected chi connectivity index (χ0v) is 18.5. The Labute approximate surface area is 184 Å². The number of methoxy groups -OCH3 is 2. The van der Waals surface area contributed by atoms with E-state index >= 15 is 0 Å². The molecule has 3 aromatic carbocycles. The van der Waals surface area contributed by atoms with Crippen molar-refractivity contribution in [2.75, 3.05) is 21.3 Å². The second kappa shape index (κ2) is 10.6. The fraction of sp³-hybridized carbons (Fsp3) is 0.269. The quantitative estimate of drug-likeness (QED) is 0.559. The Bertz CT molecular complexity index is 937. The van der Waals surface area contributed by atoms with Gasteiger partial charge in [-0.05, 0) is 42.8 Å². The Morgan fingerprint density at radius 2 is 1.42 bits per heavy atom. The molecule has 1 N–H and O–H groups in total. The lowest BCUT2D eigenvalue weighted by molar-refractivity contribution is -0.126. The normalized spacial score (nSPS) is 11.9. The molecule has 0 aliphatic heterocycles. The van der Waals surface area contributed by atoms with Crippen molar-refractivity contribution >= 4 is 5.91 Å².